The largest absolute Gasteiger partial charge is 0.352 e. The van der Waals surface area contributed by atoms with Crippen molar-refractivity contribution in [3.8, 4) is 11.1 Å². The van der Waals surface area contributed by atoms with Gasteiger partial charge in [-0.2, -0.15) is 0 Å². The van der Waals surface area contributed by atoms with E-state index in [0.29, 0.717) is 5.82 Å². The van der Waals surface area contributed by atoms with Gasteiger partial charge in [-0.1, -0.05) is 48.5 Å². The van der Waals surface area contributed by atoms with Crippen LogP contribution in [0.2, 0.25) is 0 Å². The Morgan fingerprint density at radius 1 is 0.769 bits per heavy atom. The molecule has 26 heavy (non-hydrogen) atoms. The predicted octanol–water partition coefficient (Wildman–Crippen LogP) is 4.11. The molecule has 2 aromatic carbocycles. The summed E-state index contributed by atoms with van der Waals surface area (Å²) >= 11 is 0. The molecule has 0 atom stereocenters. The smallest absolute Gasteiger partial charge is 0.165 e. The molecule has 1 aromatic heterocycles. The second-order valence-electron chi connectivity index (χ2n) is 6.91. The van der Waals surface area contributed by atoms with E-state index < -0.39 is 0 Å². The normalized spacial score (nSPS) is 17.2. The van der Waals surface area contributed by atoms with Crippen LogP contribution in [0.25, 0.3) is 11.1 Å². The highest BCUT2D eigenvalue weighted by atomic mass is 19.1. The minimum Gasteiger partial charge on any atom is -0.352 e. The molecule has 0 unspecified atom stereocenters. The molecular formula is C22H20FN3. The maximum absolute atomic E-state index is 14.0. The van der Waals surface area contributed by atoms with Crippen LogP contribution in [0.4, 0.5) is 10.2 Å². The molecule has 4 heteroatoms. The summed E-state index contributed by atoms with van der Waals surface area (Å²) in [4.78, 5) is 8.80. The molecule has 2 aliphatic rings. The first kappa shape index (κ1) is 15.5. The van der Waals surface area contributed by atoms with Crippen molar-refractivity contribution in [1.29, 1.82) is 0 Å². The Morgan fingerprint density at radius 3 is 2.00 bits per heavy atom. The van der Waals surface area contributed by atoms with Crippen LogP contribution < -0.4 is 4.90 Å². The van der Waals surface area contributed by atoms with Gasteiger partial charge in [0.1, 0.15) is 0 Å². The lowest BCUT2D eigenvalue weighted by Gasteiger charge is -2.39. The van der Waals surface area contributed by atoms with Crippen molar-refractivity contribution in [3.63, 3.8) is 0 Å². The third-order valence-corrected chi connectivity index (χ3v) is 5.52. The van der Waals surface area contributed by atoms with Crippen LogP contribution in [0.15, 0.2) is 66.9 Å². The van der Waals surface area contributed by atoms with Crippen molar-refractivity contribution in [2.24, 2.45) is 0 Å². The van der Waals surface area contributed by atoms with Crippen molar-refractivity contribution in [1.82, 2.24) is 9.88 Å². The topological polar surface area (TPSA) is 19.4 Å². The highest BCUT2D eigenvalue weighted by Crippen LogP contribution is 2.46. The molecule has 2 heterocycles. The Balaban J connectivity index is 1.43. The summed E-state index contributed by atoms with van der Waals surface area (Å²) in [5, 5.41) is 0. The van der Waals surface area contributed by atoms with Gasteiger partial charge in [-0.15, -0.1) is 0 Å². The molecule has 1 aliphatic heterocycles. The summed E-state index contributed by atoms with van der Waals surface area (Å²) in [6.07, 6.45) is 1.66. The maximum atomic E-state index is 14.0. The average Bonchev–Trinajstić information content (AvgIpc) is 3.03. The van der Waals surface area contributed by atoms with E-state index in [0.717, 1.165) is 26.2 Å². The van der Waals surface area contributed by atoms with E-state index in [9.17, 15) is 4.39 Å². The molecule has 1 saturated heterocycles. The van der Waals surface area contributed by atoms with E-state index >= 15 is 0 Å². The average molecular weight is 345 g/mol. The predicted molar refractivity (Wildman–Crippen MR) is 102 cm³/mol. The Hall–Kier alpha value is -2.72. The third-order valence-electron chi connectivity index (χ3n) is 5.52. The van der Waals surface area contributed by atoms with Gasteiger partial charge in [0.2, 0.25) is 0 Å². The van der Waals surface area contributed by atoms with Gasteiger partial charge in [0.25, 0.3) is 0 Å². The second kappa shape index (κ2) is 6.22. The molecule has 3 aromatic rings. The molecule has 0 bridgehead atoms. The highest BCUT2D eigenvalue weighted by molar-refractivity contribution is 5.78. The van der Waals surface area contributed by atoms with Crippen molar-refractivity contribution in [3.05, 3.63) is 83.8 Å². The van der Waals surface area contributed by atoms with Gasteiger partial charge in [0, 0.05) is 32.4 Å². The molecule has 0 N–H and O–H groups in total. The van der Waals surface area contributed by atoms with E-state index in [-0.39, 0.29) is 11.9 Å². The number of piperazine rings is 1. The number of pyridine rings is 1. The Labute approximate surface area is 152 Å². The van der Waals surface area contributed by atoms with Crippen LogP contribution >= 0.6 is 0 Å². The van der Waals surface area contributed by atoms with Crippen LogP contribution in [0.1, 0.15) is 17.2 Å². The summed E-state index contributed by atoms with van der Waals surface area (Å²) in [5.41, 5.74) is 5.44. The molecule has 1 fully saturated rings. The number of aromatic nitrogens is 1. The number of benzene rings is 2. The van der Waals surface area contributed by atoms with E-state index in [1.807, 2.05) is 0 Å². The number of nitrogens with zero attached hydrogens (tertiary/aromatic N) is 3. The van der Waals surface area contributed by atoms with E-state index in [4.69, 9.17) is 0 Å². The molecule has 3 nitrogen and oxygen atoms in total. The lowest BCUT2D eigenvalue weighted by atomic mass is 10.0. The quantitative estimate of drug-likeness (QED) is 0.697. The van der Waals surface area contributed by atoms with E-state index in [1.54, 1.807) is 12.3 Å². The zero-order valence-corrected chi connectivity index (χ0v) is 14.5. The van der Waals surface area contributed by atoms with Crippen LogP contribution in [0, 0.1) is 5.82 Å². The summed E-state index contributed by atoms with van der Waals surface area (Å²) in [7, 11) is 0. The SMILES string of the molecule is Fc1cccnc1N1CCN(C2c3ccccc3-c3ccccc32)CC1. The first-order chi connectivity index (χ1) is 12.8. The summed E-state index contributed by atoms with van der Waals surface area (Å²) in [6, 6.07) is 20.8. The minimum absolute atomic E-state index is 0.238. The fraction of sp³-hybridized carbons (Fsp3) is 0.227. The van der Waals surface area contributed by atoms with Crippen LogP contribution in [-0.4, -0.2) is 36.1 Å². The standard InChI is InChI=1S/C22H20FN3/c23-20-10-5-11-24-22(20)26-14-12-25(13-15-26)21-18-8-3-1-6-16(18)17-7-2-4-9-19(17)21/h1-11,21H,12-15H2. The fourth-order valence-corrected chi connectivity index (χ4v) is 4.32. The van der Waals surface area contributed by atoms with Gasteiger partial charge in [-0.25, -0.2) is 9.37 Å². The first-order valence-corrected chi connectivity index (χ1v) is 9.10. The minimum atomic E-state index is -0.238. The number of anilines is 1. The van der Waals surface area contributed by atoms with Crippen LogP contribution in [0.5, 0.6) is 0 Å². The van der Waals surface area contributed by atoms with Gasteiger partial charge in [-0.3, -0.25) is 4.90 Å². The fourth-order valence-electron chi connectivity index (χ4n) is 4.32. The van der Waals surface area contributed by atoms with Crippen LogP contribution in [-0.2, 0) is 0 Å². The van der Waals surface area contributed by atoms with Gasteiger partial charge in [-0.05, 0) is 34.4 Å². The zero-order chi connectivity index (χ0) is 17.5. The van der Waals surface area contributed by atoms with Gasteiger partial charge >= 0.3 is 0 Å². The molecule has 0 saturated carbocycles. The molecular weight excluding hydrogens is 325 g/mol. The second-order valence-corrected chi connectivity index (χ2v) is 6.91. The number of hydrogen-bond donors (Lipinski definition) is 0. The van der Waals surface area contributed by atoms with Crippen molar-refractivity contribution >= 4 is 5.82 Å². The Kier molecular flexibility index (Phi) is 3.71. The number of halogens is 1. The summed E-state index contributed by atoms with van der Waals surface area (Å²) in [6.45, 7) is 3.36. The number of hydrogen-bond acceptors (Lipinski definition) is 3. The third kappa shape index (κ3) is 2.41. The maximum Gasteiger partial charge on any atom is 0.165 e. The van der Waals surface area contributed by atoms with E-state index in [1.165, 1.54) is 28.3 Å². The Bertz CT molecular complexity index is 902. The van der Waals surface area contributed by atoms with Gasteiger partial charge in [0.05, 0.1) is 6.04 Å². The molecule has 130 valence electrons. The summed E-state index contributed by atoms with van der Waals surface area (Å²) < 4.78 is 14.0. The number of fused-ring (bicyclic) bond motifs is 3. The lowest BCUT2D eigenvalue weighted by Crippen LogP contribution is -2.48. The first-order valence-electron chi connectivity index (χ1n) is 9.10. The molecule has 0 radical (unpaired) electrons. The molecule has 0 amide bonds. The van der Waals surface area contributed by atoms with Crippen LogP contribution in [0.3, 0.4) is 0 Å². The van der Waals surface area contributed by atoms with Gasteiger partial charge < -0.3 is 4.90 Å². The summed E-state index contributed by atoms with van der Waals surface area (Å²) in [5.74, 6) is 0.233. The number of rotatable bonds is 2. The Morgan fingerprint density at radius 2 is 1.38 bits per heavy atom. The zero-order valence-electron chi connectivity index (χ0n) is 14.5. The molecule has 0 spiro atoms. The van der Waals surface area contributed by atoms with Crippen molar-refractivity contribution < 1.29 is 4.39 Å². The lowest BCUT2D eigenvalue weighted by molar-refractivity contribution is 0.214. The van der Waals surface area contributed by atoms with Gasteiger partial charge in [0.15, 0.2) is 11.6 Å². The van der Waals surface area contributed by atoms with E-state index in [2.05, 4.69) is 63.3 Å². The molecule has 5 rings (SSSR count). The monoisotopic (exact) mass is 345 g/mol. The molecule has 1 aliphatic carbocycles. The highest BCUT2D eigenvalue weighted by Gasteiger charge is 2.34. The van der Waals surface area contributed by atoms with Crippen molar-refractivity contribution in [2.45, 2.75) is 6.04 Å². The van der Waals surface area contributed by atoms with Crippen molar-refractivity contribution in [2.75, 3.05) is 31.1 Å².